The molecule has 0 atom stereocenters. The summed E-state index contributed by atoms with van der Waals surface area (Å²) in [7, 11) is -8.26. The first-order valence-electron chi connectivity index (χ1n) is 10.3. The number of aryl methyl sites for hydroxylation is 1. The highest BCUT2D eigenvalue weighted by atomic mass is 35.5. The van der Waals surface area contributed by atoms with E-state index in [0.29, 0.717) is 34.7 Å². The summed E-state index contributed by atoms with van der Waals surface area (Å²) in [4.78, 5) is 4.23. The molecular weight excluding hydrogens is 533 g/mol. The summed E-state index contributed by atoms with van der Waals surface area (Å²) in [5.41, 5.74) is 1.70. The molecule has 5 rings (SSSR count). The third-order valence-corrected chi connectivity index (χ3v) is 8.43. The van der Waals surface area contributed by atoms with Crippen LogP contribution in [0.25, 0.3) is 11.0 Å². The second-order valence-electron chi connectivity index (χ2n) is 7.78. The van der Waals surface area contributed by atoms with E-state index in [9.17, 15) is 16.8 Å². The number of sulfonamides is 2. The fraction of sp³-hybridized carbons (Fsp3) is 0.0870. The normalized spacial score (nSPS) is 13.8. The topological polar surface area (TPSA) is 118 Å². The van der Waals surface area contributed by atoms with Crippen molar-refractivity contribution in [2.75, 3.05) is 9.44 Å². The van der Waals surface area contributed by atoms with Crippen molar-refractivity contribution in [1.82, 2.24) is 0 Å². The molecule has 0 saturated carbocycles. The summed E-state index contributed by atoms with van der Waals surface area (Å²) < 4.78 is 62.6. The summed E-state index contributed by atoms with van der Waals surface area (Å²) in [5, 5.41) is 0.965. The van der Waals surface area contributed by atoms with Crippen LogP contribution in [-0.4, -0.2) is 22.0 Å². The number of halogens is 2. The predicted octanol–water partition coefficient (Wildman–Crippen LogP) is 5.90. The Balaban J connectivity index is 1.47. The minimum absolute atomic E-state index is 0.00511. The van der Waals surface area contributed by atoms with Crippen LogP contribution in [0.5, 0.6) is 0 Å². The van der Waals surface area contributed by atoms with Crippen molar-refractivity contribution in [2.45, 2.75) is 22.8 Å². The van der Waals surface area contributed by atoms with E-state index in [1.807, 2.05) is 0 Å². The van der Waals surface area contributed by atoms with Gasteiger partial charge in [-0.3, -0.25) is 9.44 Å². The molecule has 0 saturated heterocycles. The zero-order valence-electron chi connectivity index (χ0n) is 17.8. The van der Waals surface area contributed by atoms with E-state index in [2.05, 4.69) is 14.4 Å². The number of para-hydroxylation sites is 1. The molecule has 0 amide bonds. The zero-order valence-corrected chi connectivity index (χ0v) is 21.0. The fourth-order valence-corrected chi connectivity index (χ4v) is 6.17. The lowest BCUT2D eigenvalue weighted by molar-refractivity contribution is 0.484. The molecule has 1 aliphatic rings. The van der Waals surface area contributed by atoms with Gasteiger partial charge in [0.1, 0.15) is 10.8 Å². The highest BCUT2D eigenvalue weighted by Gasteiger charge is 2.24. The molecule has 1 aliphatic heterocycles. The van der Waals surface area contributed by atoms with Crippen LogP contribution in [0.2, 0.25) is 5.02 Å². The third-order valence-electron chi connectivity index (χ3n) is 5.34. The van der Waals surface area contributed by atoms with Gasteiger partial charge in [-0.2, -0.15) is 8.42 Å². The number of nitrogens with zero attached hydrogens (tertiary/aromatic N) is 1. The number of rotatable bonds is 6. The predicted molar refractivity (Wildman–Crippen MR) is 137 cm³/mol. The van der Waals surface area contributed by atoms with Crippen LogP contribution >= 0.6 is 23.2 Å². The van der Waals surface area contributed by atoms with Crippen molar-refractivity contribution in [3.05, 3.63) is 77.3 Å². The first-order valence-corrected chi connectivity index (χ1v) is 14.0. The largest absolute Gasteiger partial charge is 0.443 e. The van der Waals surface area contributed by atoms with Gasteiger partial charge in [-0.15, -0.1) is 0 Å². The molecule has 35 heavy (non-hydrogen) atoms. The molecule has 180 valence electrons. The summed E-state index contributed by atoms with van der Waals surface area (Å²) in [6.07, 6.45) is 1.08. The highest BCUT2D eigenvalue weighted by molar-refractivity contribution is 7.93. The van der Waals surface area contributed by atoms with Crippen LogP contribution in [0.15, 0.2) is 86.1 Å². The molecule has 2 N–H and O–H groups in total. The fourth-order valence-electron chi connectivity index (χ4n) is 3.64. The average Bonchev–Trinajstić information content (AvgIpc) is 3.26. The van der Waals surface area contributed by atoms with E-state index < -0.39 is 20.0 Å². The van der Waals surface area contributed by atoms with Crippen molar-refractivity contribution in [3.8, 4) is 0 Å². The van der Waals surface area contributed by atoms with E-state index in [-0.39, 0.29) is 26.4 Å². The molecule has 8 nitrogen and oxygen atoms in total. The monoisotopic (exact) mass is 549 g/mol. The van der Waals surface area contributed by atoms with Gasteiger partial charge in [-0.1, -0.05) is 41.4 Å². The lowest BCUT2D eigenvalue weighted by Gasteiger charge is -2.16. The summed E-state index contributed by atoms with van der Waals surface area (Å²) in [6, 6.07) is 16.9. The first-order chi connectivity index (χ1) is 16.6. The van der Waals surface area contributed by atoms with Crippen molar-refractivity contribution < 1.29 is 21.3 Å². The second kappa shape index (κ2) is 8.87. The Hall–Kier alpha value is -3.05. The van der Waals surface area contributed by atoms with E-state index in [1.54, 1.807) is 30.3 Å². The van der Waals surface area contributed by atoms with Gasteiger partial charge in [0.05, 0.1) is 22.0 Å². The van der Waals surface area contributed by atoms with Gasteiger partial charge < -0.3 is 4.42 Å². The Kier molecular flexibility index (Phi) is 6.00. The Morgan fingerprint density at radius 1 is 0.800 bits per heavy atom. The smallest absolute Gasteiger partial charge is 0.295 e. The maximum absolute atomic E-state index is 13.1. The van der Waals surface area contributed by atoms with Crippen LogP contribution in [0.3, 0.4) is 0 Å². The Labute approximate surface area is 211 Å². The molecule has 0 aliphatic carbocycles. The molecule has 0 spiro atoms. The van der Waals surface area contributed by atoms with E-state index in [4.69, 9.17) is 27.6 Å². The lowest BCUT2D eigenvalue weighted by Crippen LogP contribution is -2.17. The minimum atomic E-state index is -4.19. The highest BCUT2D eigenvalue weighted by Crippen LogP contribution is 2.33. The van der Waals surface area contributed by atoms with Gasteiger partial charge in [0.25, 0.3) is 20.0 Å². The molecule has 0 radical (unpaired) electrons. The number of benzene rings is 3. The maximum atomic E-state index is 13.1. The van der Waals surface area contributed by atoms with E-state index in [1.165, 1.54) is 36.4 Å². The number of furan rings is 1. The summed E-state index contributed by atoms with van der Waals surface area (Å²) >= 11 is 12.1. The van der Waals surface area contributed by atoms with Crippen LogP contribution in [0.1, 0.15) is 12.0 Å². The summed E-state index contributed by atoms with van der Waals surface area (Å²) in [5.74, 6) is 0. The van der Waals surface area contributed by atoms with Crippen LogP contribution in [-0.2, 0) is 26.5 Å². The Morgan fingerprint density at radius 2 is 1.57 bits per heavy atom. The number of fused-ring (bicyclic) bond motifs is 2. The quantitative estimate of drug-likeness (QED) is 0.310. The molecule has 1 aromatic heterocycles. The molecule has 3 aromatic carbocycles. The Bertz CT molecular complexity index is 1680. The number of hydrogen-bond acceptors (Lipinski definition) is 6. The first kappa shape index (κ1) is 23.7. The zero-order chi connectivity index (χ0) is 24.8. The van der Waals surface area contributed by atoms with E-state index >= 15 is 0 Å². The van der Waals surface area contributed by atoms with Gasteiger partial charge in [0.2, 0.25) is 5.09 Å². The SMILES string of the molecule is O=S(=O)(Nc1ccc(Cl)cc1NS(=O)(=O)c1cc2ccccc2o1)c1ccc2c(c1)CCC(Cl)=N2. The minimum Gasteiger partial charge on any atom is -0.443 e. The van der Waals surface area contributed by atoms with Crippen LogP contribution in [0, 0.1) is 0 Å². The molecule has 0 bridgehead atoms. The number of aliphatic imine (C=N–C) groups is 1. The van der Waals surface area contributed by atoms with Gasteiger partial charge in [-0.25, -0.2) is 13.4 Å². The molecule has 0 unspecified atom stereocenters. The maximum Gasteiger partial charge on any atom is 0.295 e. The average molecular weight is 550 g/mol. The lowest BCUT2D eigenvalue weighted by atomic mass is 10.1. The van der Waals surface area contributed by atoms with Gasteiger partial charge in [-0.05, 0) is 54.4 Å². The number of anilines is 2. The van der Waals surface area contributed by atoms with Crippen molar-refractivity contribution in [1.29, 1.82) is 0 Å². The summed E-state index contributed by atoms with van der Waals surface area (Å²) in [6.45, 7) is 0. The number of hydrogen-bond donors (Lipinski definition) is 2. The molecule has 12 heteroatoms. The van der Waals surface area contributed by atoms with Crippen molar-refractivity contribution in [2.24, 2.45) is 4.99 Å². The van der Waals surface area contributed by atoms with Gasteiger partial charge in [0.15, 0.2) is 0 Å². The van der Waals surface area contributed by atoms with E-state index in [0.717, 1.165) is 5.56 Å². The standard InChI is InChI=1S/C23H17Cl2N3O5S2/c24-16-6-8-19(27-34(29,30)17-7-9-18-14(11-17)5-10-22(25)26-18)20(13-16)28-35(31,32)23-12-15-3-1-2-4-21(15)33-23/h1-4,6-9,11-13,27-28H,5,10H2. The molecule has 0 fully saturated rings. The van der Waals surface area contributed by atoms with Crippen molar-refractivity contribution in [3.63, 3.8) is 0 Å². The van der Waals surface area contributed by atoms with Crippen LogP contribution in [0.4, 0.5) is 17.1 Å². The number of nitrogens with one attached hydrogen (secondary N) is 2. The van der Waals surface area contributed by atoms with Crippen LogP contribution < -0.4 is 9.44 Å². The van der Waals surface area contributed by atoms with Gasteiger partial charge >= 0.3 is 0 Å². The van der Waals surface area contributed by atoms with Gasteiger partial charge in [0, 0.05) is 22.9 Å². The molecule has 2 heterocycles. The third kappa shape index (κ3) is 4.87. The Morgan fingerprint density at radius 3 is 2.37 bits per heavy atom. The van der Waals surface area contributed by atoms with Crippen molar-refractivity contribution >= 4 is 76.5 Å². The molecule has 4 aromatic rings. The second-order valence-corrected chi connectivity index (χ2v) is 12.0. The molecular formula is C23H17Cl2N3O5S2.